The van der Waals surface area contributed by atoms with Crippen molar-refractivity contribution in [1.82, 2.24) is 0 Å². The van der Waals surface area contributed by atoms with Crippen LogP contribution in [0.5, 0.6) is 0 Å². The first-order valence-corrected chi connectivity index (χ1v) is 6.79. The Kier molecular flexibility index (Phi) is 3.39. The molecular formula is C14H11ClN2O4. The number of rotatable bonds is 2. The molecule has 0 aliphatic carbocycles. The molecule has 0 radical (unpaired) electrons. The number of fused-ring (bicyclic) bond motifs is 1. The number of nitrogens with zero attached hydrogens (tertiary/aromatic N) is 2. The zero-order chi connectivity index (χ0) is 15.0. The number of amides is 1. The number of benzene rings is 1. The summed E-state index contributed by atoms with van der Waals surface area (Å²) in [5.41, 5.74) is 1.19. The topological polar surface area (TPSA) is 76.6 Å². The van der Waals surface area contributed by atoms with Gasteiger partial charge < -0.3 is 9.32 Å². The van der Waals surface area contributed by atoms with Gasteiger partial charge in [0.05, 0.1) is 16.2 Å². The Labute approximate surface area is 125 Å². The third kappa shape index (κ3) is 2.38. The van der Waals surface area contributed by atoms with E-state index in [0.29, 0.717) is 30.6 Å². The summed E-state index contributed by atoms with van der Waals surface area (Å²) < 4.78 is 5.13. The Hall–Kier alpha value is -2.34. The highest BCUT2D eigenvalue weighted by Gasteiger charge is 2.29. The van der Waals surface area contributed by atoms with Crippen molar-refractivity contribution in [3.63, 3.8) is 0 Å². The average molecular weight is 307 g/mol. The van der Waals surface area contributed by atoms with Crippen LogP contribution >= 0.6 is 11.6 Å². The van der Waals surface area contributed by atoms with Gasteiger partial charge in [-0.3, -0.25) is 14.9 Å². The lowest BCUT2D eigenvalue weighted by molar-refractivity contribution is -0.385. The Morgan fingerprint density at radius 3 is 2.81 bits per heavy atom. The quantitative estimate of drug-likeness (QED) is 0.629. The van der Waals surface area contributed by atoms with Crippen molar-refractivity contribution in [2.45, 2.75) is 12.8 Å². The van der Waals surface area contributed by atoms with E-state index in [1.165, 1.54) is 23.1 Å². The van der Waals surface area contributed by atoms with E-state index in [0.717, 1.165) is 0 Å². The fourth-order valence-corrected chi connectivity index (χ4v) is 2.70. The molecule has 0 saturated heterocycles. The predicted molar refractivity (Wildman–Crippen MR) is 76.8 cm³/mol. The minimum absolute atomic E-state index is 0.0440. The summed E-state index contributed by atoms with van der Waals surface area (Å²) in [6, 6.07) is 7.74. The molecular weight excluding hydrogens is 296 g/mol. The fraction of sp³-hybridized carbons (Fsp3) is 0.214. The van der Waals surface area contributed by atoms with E-state index in [4.69, 9.17) is 16.0 Å². The number of nitro groups is 1. The second-order valence-corrected chi connectivity index (χ2v) is 5.07. The Morgan fingerprint density at radius 1 is 1.33 bits per heavy atom. The standard InChI is InChI=1S/C14H11ClN2O4/c15-13-7-6-12(21-13)14(18)16-8-2-3-9-10(16)4-1-5-11(9)17(19)20/h1,4-7H,2-3,8H2. The van der Waals surface area contributed by atoms with Gasteiger partial charge in [0.15, 0.2) is 11.0 Å². The van der Waals surface area contributed by atoms with Gasteiger partial charge in [0, 0.05) is 12.6 Å². The van der Waals surface area contributed by atoms with Crippen LogP contribution in [0.2, 0.25) is 5.22 Å². The summed E-state index contributed by atoms with van der Waals surface area (Å²) in [4.78, 5) is 24.6. The van der Waals surface area contributed by atoms with Crippen LogP contribution in [0.1, 0.15) is 22.5 Å². The largest absolute Gasteiger partial charge is 0.440 e. The summed E-state index contributed by atoms with van der Waals surface area (Å²) in [5, 5.41) is 11.2. The van der Waals surface area contributed by atoms with Gasteiger partial charge in [0.1, 0.15) is 0 Å². The first kappa shape index (κ1) is 13.6. The molecule has 1 aliphatic heterocycles. The van der Waals surface area contributed by atoms with Gasteiger partial charge >= 0.3 is 0 Å². The summed E-state index contributed by atoms with van der Waals surface area (Å²) in [5.74, 6) is -0.220. The minimum Gasteiger partial charge on any atom is -0.440 e. The molecule has 2 heterocycles. The van der Waals surface area contributed by atoms with Gasteiger partial charge in [-0.1, -0.05) is 6.07 Å². The fourth-order valence-electron chi connectivity index (χ4n) is 2.55. The molecule has 1 amide bonds. The third-order valence-corrected chi connectivity index (χ3v) is 3.65. The van der Waals surface area contributed by atoms with Crippen LogP contribution in [0, 0.1) is 10.1 Å². The van der Waals surface area contributed by atoms with Crippen LogP contribution in [-0.2, 0) is 6.42 Å². The molecule has 6 nitrogen and oxygen atoms in total. The summed E-state index contributed by atoms with van der Waals surface area (Å²) in [6.45, 7) is 0.491. The highest BCUT2D eigenvalue weighted by Crippen LogP contribution is 2.34. The number of hydrogen-bond acceptors (Lipinski definition) is 4. The van der Waals surface area contributed by atoms with E-state index in [2.05, 4.69) is 0 Å². The first-order valence-electron chi connectivity index (χ1n) is 6.41. The van der Waals surface area contributed by atoms with Crippen molar-refractivity contribution in [2.24, 2.45) is 0 Å². The molecule has 0 saturated carbocycles. The minimum atomic E-state index is -0.420. The number of hydrogen-bond donors (Lipinski definition) is 0. The van der Waals surface area contributed by atoms with Crippen LogP contribution in [0.15, 0.2) is 34.7 Å². The second-order valence-electron chi connectivity index (χ2n) is 4.70. The van der Waals surface area contributed by atoms with Crippen molar-refractivity contribution in [1.29, 1.82) is 0 Å². The summed E-state index contributed by atoms with van der Waals surface area (Å²) >= 11 is 5.68. The highest BCUT2D eigenvalue weighted by atomic mass is 35.5. The van der Waals surface area contributed by atoms with Crippen molar-refractivity contribution in [3.8, 4) is 0 Å². The van der Waals surface area contributed by atoms with Crippen LogP contribution in [-0.4, -0.2) is 17.4 Å². The van der Waals surface area contributed by atoms with Crippen LogP contribution in [0.4, 0.5) is 11.4 Å². The molecule has 0 fully saturated rings. The number of carbonyl (C=O) groups is 1. The molecule has 7 heteroatoms. The van der Waals surface area contributed by atoms with Gasteiger partial charge in [0.25, 0.3) is 11.6 Å². The number of carbonyl (C=O) groups excluding carboxylic acids is 1. The zero-order valence-electron chi connectivity index (χ0n) is 10.9. The molecule has 21 heavy (non-hydrogen) atoms. The van der Waals surface area contributed by atoms with E-state index in [1.54, 1.807) is 12.1 Å². The number of furan rings is 1. The number of anilines is 1. The first-order chi connectivity index (χ1) is 10.1. The molecule has 1 aromatic carbocycles. The Bertz CT molecular complexity index is 726. The summed E-state index contributed by atoms with van der Waals surface area (Å²) in [7, 11) is 0. The van der Waals surface area contributed by atoms with Gasteiger partial charge in [0.2, 0.25) is 0 Å². The van der Waals surface area contributed by atoms with Crippen LogP contribution in [0.3, 0.4) is 0 Å². The van der Waals surface area contributed by atoms with Crippen molar-refractivity contribution in [2.75, 3.05) is 11.4 Å². The van der Waals surface area contributed by atoms with Gasteiger partial charge in [-0.2, -0.15) is 0 Å². The normalized spacial score (nSPS) is 13.9. The second kappa shape index (κ2) is 5.21. The number of nitro benzene ring substituents is 1. The van der Waals surface area contributed by atoms with Gasteiger partial charge in [-0.05, 0) is 42.6 Å². The average Bonchev–Trinajstić information content (AvgIpc) is 2.91. The van der Waals surface area contributed by atoms with Crippen molar-refractivity contribution >= 4 is 28.9 Å². The van der Waals surface area contributed by atoms with Crippen molar-refractivity contribution < 1.29 is 14.1 Å². The maximum Gasteiger partial charge on any atom is 0.294 e. The van der Waals surface area contributed by atoms with E-state index in [-0.39, 0.29) is 22.6 Å². The molecule has 0 N–H and O–H groups in total. The van der Waals surface area contributed by atoms with Gasteiger partial charge in [-0.15, -0.1) is 0 Å². The monoisotopic (exact) mass is 306 g/mol. The molecule has 108 valence electrons. The third-order valence-electron chi connectivity index (χ3n) is 3.45. The van der Waals surface area contributed by atoms with E-state index >= 15 is 0 Å². The number of halogens is 1. The lowest BCUT2D eigenvalue weighted by Gasteiger charge is -2.28. The predicted octanol–water partition coefficient (Wildman–Crippen LogP) is 3.43. The molecule has 2 aromatic rings. The molecule has 0 atom stereocenters. The Balaban J connectivity index is 2.03. The molecule has 1 aromatic heterocycles. The summed E-state index contributed by atoms with van der Waals surface area (Å²) in [6.07, 6.45) is 1.24. The van der Waals surface area contributed by atoms with E-state index < -0.39 is 4.92 Å². The Morgan fingerprint density at radius 2 is 2.14 bits per heavy atom. The molecule has 3 rings (SSSR count). The van der Waals surface area contributed by atoms with Crippen LogP contribution in [0.25, 0.3) is 0 Å². The molecule has 1 aliphatic rings. The highest BCUT2D eigenvalue weighted by molar-refractivity contribution is 6.29. The molecule has 0 bridgehead atoms. The zero-order valence-corrected chi connectivity index (χ0v) is 11.7. The lowest BCUT2D eigenvalue weighted by atomic mass is 9.99. The lowest BCUT2D eigenvalue weighted by Crippen LogP contribution is -2.35. The maximum atomic E-state index is 12.5. The van der Waals surface area contributed by atoms with E-state index in [1.807, 2.05) is 0 Å². The van der Waals surface area contributed by atoms with Gasteiger partial charge in [-0.25, -0.2) is 0 Å². The maximum absolute atomic E-state index is 12.5. The van der Waals surface area contributed by atoms with Crippen LogP contribution < -0.4 is 4.90 Å². The smallest absolute Gasteiger partial charge is 0.294 e. The molecule has 0 unspecified atom stereocenters. The van der Waals surface area contributed by atoms with Crippen molar-refractivity contribution in [3.05, 3.63) is 57.0 Å². The SMILES string of the molecule is O=C(c1ccc(Cl)o1)N1CCCc2c1cccc2[N+](=O)[O-]. The molecule has 0 spiro atoms. The van der Waals surface area contributed by atoms with E-state index in [9.17, 15) is 14.9 Å².